The van der Waals surface area contributed by atoms with Gasteiger partial charge in [0.15, 0.2) is 0 Å². The smallest absolute Gasteiger partial charge is 0.0415 e. The zero-order valence-electron chi connectivity index (χ0n) is 5.43. The van der Waals surface area contributed by atoms with E-state index in [1.165, 1.54) is 5.54 Å². The number of alkyl halides is 1. The van der Waals surface area contributed by atoms with Gasteiger partial charge in [-0.1, -0.05) is 39.3 Å². The molecule has 0 nitrogen and oxygen atoms in total. The molecule has 0 unspecified atom stereocenters. The zero-order chi connectivity index (χ0) is 7.54. The molecule has 0 aromatic rings. The fourth-order valence-electron chi connectivity index (χ4n) is 0.0337. The van der Waals surface area contributed by atoms with Gasteiger partial charge in [-0.3, -0.25) is 0 Å². The van der Waals surface area contributed by atoms with E-state index in [9.17, 15) is 0 Å². The number of rotatable bonds is 2. The molecule has 0 amide bonds. The molecule has 0 radical (unpaired) electrons. The molecular weight excluding hydrogens is 195 g/mol. The highest BCUT2D eigenvalue weighted by atomic mass is 35.5. The molecule has 0 aliphatic heterocycles. The molecule has 0 aliphatic rings. The van der Waals surface area contributed by atoms with Crippen molar-refractivity contribution in [3.63, 3.8) is 0 Å². The van der Waals surface area contributed by atoms with Crippen LogP contribution in [-0.2, 0) is 0 Å². The van der Waals surface area contributed by atoms with Crippen LogP contribution in [0.1, 0.15) is 0 Å². The lowest BCUT2D eigenvalue weighted by Gasteiger charge is -1.69. The van der Waals surface area contributed by atoms with E-state index in [1.807, 2.05) is 0 Å². The van der Waals surface area contributed by atoms with E-state index in [1.54, 1.807) is 27.7 Å². The molecule has 0 fully saturated rings. The summed E-state index contributed by atoms with van der Waals surface area (Å²) < 4.78 is 0. The van der Waals surface area contributed by atoms with Gasteiger partial charge < -0.3 is 0 Å². The van der Waals surface area contributed by atoms with Gasteiger partial charge in [-0.15, -0.1) is 11.6 Å². The van der Waals surface area contributed by atoms with Crippen molar-refractivity contribution in [2.24, 2.45) is 0 Å². The third-order valence-corrected chi connectivity index (χ3v) is 2.03. The summed E-state index contributed by atoms with van der Waals surface area (Å²) in [6.45, 7) is 0. The van der Waals surface area contributed by atoms with Crippen molar-refractivity contribution in [2.75, 3.05) is 18.4 Å². The second-order valence-electron chi connectivity index (χ2n) is 0.849. The molecule has 0 heterocycles. The van der Waals surface area contributed by atoms with Gasteiger partial charge in [0.05, 0.1) is 0 Å². The van der Waals surface area contributed by atoms with Crippen molar-refractivity contribution in [1.29, 1.82) is 0 Å². The number of hydrogen-bond acceptors (Lipinski definition) is 2. The highest BCUT2D eigenvalue weighted by Gasteiger charge is 1.56. The first-order valence-electron chi connectivity index (χ1n) is 2.21. The van der Waals surface area contributed by atoms with Gasteiger partial charge >= 0.3 is 0 Å². The van der Waals surface area contributed by atoms with Crippen LogP contribution in [0.25, 0.3) is 0 Å². The summed E-state index contributed by atoms with van der Waals surface area (Å²) >= 11 is 10.2. The Morgan fingerprint density at radius 3 is 1.78 bits per heavy atom. The van der Waals surface area contributed by atoms with E-state index < -0.39 is 0 Å². The summed E-state index contributed by atoms with van der Waals surface area (Å²) in [6, 6.07) is 0. The topological polar surface area (TPSA) is 0 Å². The standard InChI is InChI=1S/C3H4Cl2.C2H6S2/c4-2-1-3-5;1-3-4-2/h1-2H,3H2;1-2H3. The fourth-order valence-corrected chi connectivity index (χ4v) is 0.303. The molecule has 0 saturated carbocycles. The predicted octanol–water partition coefficient (Wildman–Crippen LogP) is 3.61. The summed E-state index contributed by atoms with van der Waals surface area (Å²) in [5.41, 5.74) is 1.40. The van der Waals surface area contributed by atoms with Gasteiger partial charge in [0, 0.05) is 11.4 Å². The molecule has 9 heavy (non-hydrogen) atoms. The molecule has 0 spiro atoms. The number of hydrogen-bond donors (Lipinski definition) is 0. The lowest BCUT2D eigenvalue weighted by molar-refractivity contribution is 1.79. The summed E-state index contributed by atoms with van der Waals surface area (Å²) in [4.78, 5) is 0. The van der Waals surface area contributed by atoms with Crippen LogP contribution in [0, 0.1) is 0 Å². The second-order valence-corrected chi connectivity index (χ2v) is 4.08. The van der Waals surface area contributed by atoms with Gasteiger partial charge in [0.25, 0.3) is 0 Å². The summed E-state index contributed by atoms with van der Waals surface area (Å²) in [6.07, 6.45) is 5.78. The summed E-state index contributed by atoms with van der Waals surface area (Å²) in [5, 5.41) is 0. The van der Waals surface area contributed by atoms with Gasteiger partial charge in [-0.2, -0.15) is 0 Å². The predicted molar refractivity (Wildman–Crippen MR) is 52.7 cm³/mol. The Balaban J connectivity index is 0. The third kappa shape index (κ3) is 27.5. The zero-order valence-corrected chi connectivity index (χ0v) is 8.58. The molecule has 0 aromatic heterocycles. The molecule has 0 bridgehead atoms. The lowest BCUT2D eigenvalue weighted by Crippen LogP contribution is -1.48. The van der Waals surface area contributed by atoms with Crippen LogP contribution in [0.5, 0.6) is 0 Å². The number of halogens is 2. The van der Waals surface area contributed by atoms with E-state index in [0.29, 0.717) is 5.88 Å². The van der Waals surface area contributed by atoms with Gasteiger partial charge in [-0.25, -0.2) is 0 Å². The van der Waals surface area contributed by atoms with E-state index in [0.717, 1.165) is 0 Å². The first kappa shape index (κ1) is 12.7. The summed E-state index contributed by atoms with van der Waals surface area (Å²) in [5.74, 6) is 0.503. The minimum Gasteiger partial charge on any atom is -0.122 e. The highest BCUT2D eigenvalue weighted by Crippen LogP contribution is 2.09. The lowest BCUT2D eigenvalue weighted by atomic mass is 10.8. The Morgan fingerprint density at radius 2 is 1.78 bits per heavy atom. The van der Waals surface area contributed by atoms with Crippen LogP contribution in [0.4, 0.5) is 0 Å². The second kappa shape index (κ2) is 16.0. The van der Waals surface area contributed by atoms with Gasteiger partial charge in [-0.05, 0) is 12.5 Å². The van der Waals surface area contributed by atoms with Gasteiger partial charge in [0.1, 0.15) is 0 Å². The van der Waals surface area contributed by atoms with Crippen LogP contribution in [0.2, 0.25) is 0 Å². The van der Waals surface area contributed by atoms with Crippen molar-refractivity contribution in [3.8, 4) is 0 Å². The fraction of sp³-hybridized carbons (Fsp3) is 0.600. The van der Waals surface area contributed by atoms with E-state index >= 15 is 0 Å². The van der Waals surface area contributed by atoms with Crippen molar-refractivity contribution < 1.29 is 0 Å². The molecule has 0 rings (SSSR count). The van der Waals surface area contributed by atoms with Gasteiger partial charge in [0.2, 0.25) is 0 Å². The van der Waals surface area contributed by atoms with E-state index in [4.69, 9.17) is 23.2 Å². The van der Waals surface area contributed by atoms with Crippen molar-refractivity contribution >= 4 is 44.8 Å². The SMILES string of the molecule is CSSC.ClC=CCCl. The minimum absolute atomic E-state index is 0.503. The Kier molecular flexibility index (Phi) is 22.5. The van der Waals surface area contributed by atoms with Crippen molar-refractivity contribution in [1.82, 2.24) is 0 Å². The molecule has 56 valence electrons. The molecule has 0 atom stereocenters. The maximum absolute atomic E-state index is 5.13. The molecule has 0 saturated heterocycles. The Hall–Kier alpha value is 1.02. The largest absolute Gasteiger partial charge is 0.122 e. The molecule has 0 aliphatic carbocycles. The van der Waals surface area contributed by atoms with E-state index in [2.05, 4.69) is 12.5 Å². The Bertz CT molecular complexity index is 54.9. The molecule has 4 heteroatoms. The normalized spacial score (nSPS) is 8.89. The minimum atomic E-state index is 0.503. The Labute approximate surface area is 74.8 Å². The quantitative estimate of drug-likeness (QED) is 0.499. The molecular formula is C5H10Cl2S2. The van der Waals surface area contributed by atoms with Crippen LogP contribution in [0.15, 0.2) is 11.6 Å². The third-order valence-electron chi connectivity index (χ3n) is 0.345. The monoisotopic (exact) mass is 204 g/mol. The van der Waals surface area contributed by atoms with Crippen LogP contribution in [-0.4, -0.2) is 18.4 Å². The number of allylic oxidation sites excluding steroid dienone is 1. The average molecular weight is 205 g/mol. The van der Waals surface area contributed by atoms with Crippen LogP contribution < -0.4 is 0 Å². The first-order chi connectivity index (χ1) is 4.33. The average Bonchev–Trinajstić information content (AvgIpc) is 1.91. The molecule has 0 aromatic carbocycles. The maximum Gasteiger partial charge on any atom is 0.0415 e. The summed E-state index contributed by atoms with van der Waals surface area (Å²) in [7, 11) is 3.55. The molecule has 0 N–H and O–H groups in total. The Morgan fingerprint density at radius 1 is 1.33 bits per heavy atom. The van der Waals surface area contributed by atoms with Crippen LogP contribution >= 0.6 is 44.8 Å². The van der Waals surface area contributed by atoms with Crippen LogP contribution in [0.3, 0.4) is 0 Å². The van der Waals surface area contributed by atoms with Crippen molar-refractivity contribution in [3.05, 3.63) is 11.6 Å². The van der Waals surface area contributed by atoms with E-state index in [-0.39, 0.29) is 0 Å². The maximum atomic E-state index is 5.13. The first-order valence-corrected chi connectivity index (χ1v) is 6.15. The van der Waals surface area contributed by atoms with Crippen molar-refractivity contribution in [2.45, 2.75) is 0 Å². The highest BCUT2D eigenvalue weighted by molar-refractivity contribution is 8.76.